The molecule has 2 rings (SSSR count). The largest absolute Gasteiger partial charge is 0.371 e. The summed E-state index contributed by atoms with van der Waals surface area (Å²) in [5, 5.41) is 2.13. The van der Waals surface area contributed by atoms with Gasteiger partial charge in [0.05, 0.1) is 0 Å². The van der Waals surface area contributed by atoms with E-state index in [4.69, 9.17) is 5.73 Å². The number of halogens is 1. The van der Waals surface area contributed by atoms with Gasteiger partial charge < -0.3 is 10.6 Å². The standard InChI is InChI=1S/C16H21BrN2S/c1-11(9-14-5-4-8-20-14)19(3)13-6-7-15(12(2)18)16(17)10-13/h4-8,10-12H,9,18H2,1-3H3. The number of nitrogens with zero attached hydrogens (tertiary/aromatic N) is 1. The molecule has 0 radical (unpaired) electrons. The van der Waals surface area contributed by atoms with E-state index in [0.717, 1.165) is 16.5 Å². The zero-order valence-electron chi connectivity index (χ0n) is 12.1. The van der Waals surface area contributed by atoms with Gasteiger partial charge in [0, 0.05) is 40.6 Å². The van der Waals surface area contributed by atoms with Crippen LogP contribution in [0.1, 0.15) is 30.3 Å². The van der Waals surface area contributed by atoms with E-state index in [0.29, 0.717) is 6.04 Å². The molecule has 1 aromatic heterocycles. The molecule has 2 unspecified atom stereocenters. The van der Waals surface area contributed by atoms with Gasteiger partial charge in [-0.05, 0) is 43.0 Å². The van der Waals surface area contributed by atoms with Crippen LogP contribution in [0.4, 0.5) is 5.69 Å². The van der Waals surface area contributed by atoms with Crippen molar-refractivity contribution in [2.45, 2.75) is 32.4 Å². The highest BCUT2D eigenvalue weighted by atomic mass is 79.9. The third-order valence-corrected chi connectivity index (χ3v) is 5.21. The van der Waals surface area contributed by atoms with Crippen LogP contribution in [0.3, 0.4) is 0 Å². The molecule has 2 atom stereocenters. The number of rotatable bonds is 5. The van der Waals surface area contributed by atoms with Crippen LogP contribution >= 0.6 is 27.3 Å². The molecule has 1 heterocycles. The molecule has 108 valence electrons. The highest BCUT2D eigenvalue weighted by molar-refractivity contribution is 9.10. The van der Waals surface area contributed by atoms with Crippen molar-refractivity contribution < 1.29 is 0 Å². The maximum atomic E-state index is 5.95. The van der Waals surface area contributed by atoms with Gasteiger partial charge in [0.1, 0.15) is 0 Å². The molecule has 0 spiro atoms. The van der Waals surface area contributed by atoms with Gasteiger partial charge in [0.15, 0.2) is 0 Å². The van der Waals surface area contributed by atoms with Gasteiger partial charge in [-0.2, -0.15) is 0 Å². The number of thiophene rings is 1. The van der Waals surface area contributed by atoms with E-state index in [-0.39, 0.29) is 6.04 Å². The van der Waals surface area contributed by atoms with Crippen LogP contribution in [0.5, 0.6) is 0 Å². The van der Waals surface area contributed by atoms with Crippen LogP contribution in [0.2, 0.25) is 0 Å². The summed E-state index contributed by atoms with van der Waals surface area (Å²) in [6.45, 7) is 4.26. The Hall–Kier alpha value is -0.840. The average molecular weight is 353 g/mol. The van der Waals surface area contributed by atoms with Crippen LogP contribution in [0.15, 0.2) is 40.2 Å². The van der Waals surface area contributed by atoms with Crippen molar-refractivity contribution in [3.63, 3.8) is 0 Å². The smallest absolute Gasteiger partial charge is 0.0377 e. The fourth-order valence-electron chi connectivity index (χ4n) is 2.22. The Kier molecular flexibility index (Phi) is 5.24. The molecule has 1 aromatic carbocycles. The van der Waals surface area contributed by atoms with Crippen LogP contribution in [-0.4, -0.2) is 13.1 Å². The molecule has 0 amide bonds. The summed E-state index contributed by atoms with van der Waals surface area (Å²) in [5.41, 5.74) is 8.31. The van der Waals surface area contributed by atoms with Crippen LogP contribution in [0.25, 0.3) is 0 Å². The molecule has 0 fully saturated rings. The molecule has 0 bridgehead atoms. The van der Waals surface area contributed by atoms with Crippen molar-refractivity contribution >= 4 is 33.0 Å². The Bertz CT molecular complexity index is 552. The molecular weight excluding hydrogens is 332 g/mol. The summed E-state index contributed by atoms with van der Waals surface area (Å²) in [4.78, 5) is 3.74. The Morgan fingerprint density at radius 1 is 1.30 bits per heavy atom. The maximum Gasteiger partial charge on any atom is 0.0377 e. The molecule has 0 aliphatic rings. The van der Waals surface area contributed by atoms with E-state index in [2.05, 4.69) is 70.5 Å². The first-order valence-electron chi connectivity index (χ1n) is 6.79. The van der Waals surface area contributed by atoms with Gasteiger partial charge in [0.2, 0.25) is 0 Å². The van der Waals surface area contributed by atoms with E-state index < -0.39 is 0 Å². The van der Waals surface area contributed by atoms with E-state index in [1.54, 1.807) is 0 Å². The van der Waals surface area contributed by atoms with Crippen molar-refractivity contribution in [1.29, 1.82) is 0 Å². The number of hydrogen-bond acceptors (Lipinski definition) is 3. The van der Waals surface area contributed by atoms with E-state index >= 15 is 0 Å². The van der Waals surface area contributed by atoms with Gasteiger partial charge in [0.25, 0.3) is 0 Å². The summed E-state index contributed by atoms with van der Waals surface area (Å²) in [7, 11) is 2.14. The second-order valence-electron chi connectivity index (χ2n) is 5.24. The third kappa shape index (κ3) is 3.62. The van der Waals surface area contributed by atoms with Crippen molar-refractivity contribution in [3.05, 3.63) is 50.6 Å². The summed E-state index contributed by atoms with van der Waals surface area (Å²) >= 11 is 5.44. The monoisotopic (exact) mass is 352 g/mol. The molecule has 2 aromatic rings. The average Bonchev–Trinajstić information content (AvgIpc) is 2.90. The van der Waals surface area contributed by atoms with Crippen LogP contribution < -0.4 is 10.6 Å². The fraction of sp³-hybridized carbons (Fsp3) is 0.375. The number of benzene rings is 1. The highest BCUT2D eigenvalue weighted by Gasteiger charge is 2.13. The summed E-state index contributed by atoms with van der Waals surface area (Å²) in [6, 6.07) is 11.2. The molecule has 20 heavy (non-hydrogen) atoms. The van der Waals surface area contributed by atoms with E-state index in [1.165, 1.54) is 10.6 Å². The molecule has 0 saturated heterocycles. The summed E-state index contributed by atoms with van der Waals surface area (Å²) < 4.78 is 1.08. The third-order valence-electron chi connectivity index (χ3n) is 3.62. The summed E-state index contributed by atoms with van der Waals surface area (Å²) in [5.74, 6) is 0. The van der Waals surface area contributed by atoms with Crippen molar-refractivity contribution in [3.8, 4) is 0 Å². The van der Waals surface area contributed by atoms with Gasteiger partial charge in [-0.3, -0.25) is 0 Å². The highest BCUT2D eigenvalue weighted by Crippen LogP contribution is 2.28. The minimum atomic E-state index is 0.0484. The molecule has 2 N–H and O–H groups in total. The lowest BCUT2D eigenvalue weighted by atomic mass is 10.1. The Morgan fingerprint density at radius 3 is 2.60 bits per heavy atom. The normalized spacial score (nSPS) is 14.1. The Balaban J connectivity index is 2.12. The fourth-order valence-corrected chi connectivity index (χ4v) is 3.77. The zero-order valence-corrected chi connectivity index (χ0v) is 14.5. The second-order valence-corrected chi connectivity index (χ2v) is 7.12. The summed E-state index contributed by atoms with van der Waals surface area (Å²) in [6.07, 6.45) is 1.07. The van der Waals surface area contributed by atoms with Crippen molar-refractivity contribution in [1.82, 2.24) is 0 Å². The first-order chi connectivity index (χ1) is 9.49. The Morgan fingerprint density at radius 2 is 2.05 bits per heavy atom. The predicted molar refractivity (Wildman–Crippen MR) is 92.6 cm³/mol. The van der Waals surface area contributed by atoms with Crippen LogP contribution in [-0.2, 0) is 6.42 Å². The first-order valence-corrected chi connectivity index (χ1v) is 8.46. The first kappa shape index (κ1) is 15.5. The van der Waals surface area contributed by atoms with Gasteiger partial charge >= 0.3 is 0 Å². The quantitative estimate of drug-likeness (QED) is 0.851. The Labute approximate surface area is 133 Å². The lowest BCUT2D eigenvalue weighted by Crippen LogP contribution is -2.30. The molecule has 4 heteroatoms. The lowest BCUT2D eigenvalue weighted by Gasteiger charge is -2.27. The second kappa shape index (κ2) is 6.74. The lowest BCUT2D eigenvalue weighted by molar-refractivity contribution is 0.687. The van der Waals surface area contributed by atoms with Crippen LogP contribution in [0, 0.1) is 0 Å². The minimum Gasteiger partial charge on any atom is -0.371 e. The van der Waals surface area contributed by atoms with Crippen molar-refractivity contribution in [2.75, 3.05) is 11.9 Å². The van der Waals surface area contributed by atoms with Crippen molar-refractivity contribution in [2.24, 2.45) is 5.73 Å². The van der Waals surface area contributed by atoms with Gasteiger partial charge in [-0.15, -0.1) is 11.3 Å². The topological polar surface area (TPSA) is 29.3 Å². The zero-order chi connectivity index (χ0) is 14.7. The number of nitrogens with two attached hydrogens (primary N) is 1. The minimum absolute atomic E-state index is 0.0484. The SMILES string of the molecule is CC(N)c1ccc(N(C)C(C)Cc2cccs2)cc1Br. The molecule has 2 nitrogen and oxygen atoms in total. The predicted octanol–water partition coefficient (Wildman–Crippen LogP) is 4.60. The molecule has 0 aliphatic heterocycles. The number of hydrogen-bond donors (Lipinski definition) is 1. The molecule has 0 saturated carbocycles. The molecular formula is C16H21BrN2S. The van der Waals surface area contributed by atoms with Gasteiger partial charge in [-0.25, -0.2) is 0 Å². The van der Waals surface area contributed by atoms with Gasteiger partial charge in [-0.1, -0.05) is 28.1 Å². The maximum absolute atomic E-state index is 5.95. The van der Waals surface area contributed by atoms with E-state index in [9.17, 15) is 0 Å². The van der Waals surface area contributed by atoms with E-state index in [1.807, 2.05) is 18.3 Å². The molecule has 0 aliphatic carbocycles. The number of anilines is 1. The number of likely N-dealkylation sites (N-methyl/N-ethyl adjacent to an activating group) is 1.